The van der Waals surface area contributed by atoms with Crippen molar-refractivity contribution < 1.29 is 9.90 Å². The van der Waals surface area contributed by atoms with Crippen molar-refractivity contribution in [3.05, 3.63) is 40.4 Å². The van der Waals surface area contributed by atoms with E-state index in [0.29, 0.717) is 12.5 Å². The Hall–Kier alpha value is -1.13. The summed E-state index contributed by atoms with van der Waals surface area (Å²) in [6.45, 7) is 2.90. The molecule has 0 radical (unpaired) electrons. The summed E-state index contributed by atoms with van der Waals surface area (Å²) in [7, 11) is 0. The van der Waals surface area contributed by atoms with Crippen molar-refractivity contribution >= 4 is 27.9 Å². The number of nitrogens with one attached hydrogen (secondary N) is 1. The van der Waals surface area contributed by atoms with E-state index in [9.17, 15) is 4.79 Å². The third kappa shape index (κ3) is 6.35. The highest BCUT2D eigenvalue weighted by atomic mass is 79.9. The Morgan fingerprint density at radius 1 is 1.40 bits per heavy atom. The average Bonchev–Trinajstić information content (AvgIpc) is 2.44. The van der Waals surface area contributed by atoms with Crippen LogP contribution in [0.3, 0.4) is 0 Å². The van der Waals surface area contributed by atoms with Gasteiger partial charge in [-0.05, 0) is 36.5 Å². The SMILES string of the molecule is CCCC(CCO)CNC(=O)/C=C/c1ccccc1Br. The molecule has 1 rings (SSSR count). The first-order valence-corrected chi connectivity index (χ1v) is 7.78. The van der Waals surface area contributed by atoms with Crippen LogP contribution in [-0.2, 0) is 4.79 Å². The van der Waals surface area contributed by atoms with Crippen LogP contribution in [0.2, 0.25) is 0 Å². The molecule has 0 spiro atoms. The predicted molar refractivity (Wildman–Crippen MR) is 86.3 cm³/mol. The molecule has 0 saturated heterocycles. The standard InChI is InChI=1S/C16H22BrNO2/c1-2-5-13(10-11-19)12-18-16(20)9-8-14-6-3-4-7-15(14)17/h3-4,6-9,13,19H,2,5,10-12H2,1H3,(H,18,20)/b9-8+. The van der Waals surface area contributed by atoms with Crippen LogP contribution in [0.5, 0.6) is 0 Å². The third-order valence-electron chi connectivity index (χ3n) is 3.12. The van der Waals surface area contributed by atoms with Gasteiger partial charge in [-0.1, -0.05) is 47.5 Å². The lowest BCUT2D eigenvalue weighted by molar-refractivity contribution is -0.116. The molecule has 1 amide bonds. The summed E-state index contributed by atoms with van der Waals surface area (Å²) >= 11 is 3.44. The third-order valence-corrected chi connectivity index (χ3v) is 3.84. The molecule has 0 aliphatic carbocycles. The second-order valence-electron chi connectivity index (χ2n) is 4.77. The van der Waals surface area contributed by atoms with Crippen LogP contribution < -0.4 is 5.32 Å². The molecule has 0 bridgehead atoms. The van der Waals surface area contributed by atoms with E-state index >= 15 is 0 Å². The summed E-state index contributed by atoms with van der Waals surface area (Å²) in [6, 6.07) is 7.75. The number of hydrogen-bond acceptors (Lipinski definition) is 2. The number of aliphatic hydroxyl groups is 1. The fraction of sp³-hybridized carbons (Fsp3) is 0.438. The van der Waals surface area contributed by atoms with Gasteiger partial charge in [-0.15, -0.1) is 0 Å². The lowest BCUT2D eigenvalue weighted by Gasteiger charge is -2.14. The summed E-state index contributed by atoms with van der Waals surface area (Å²) in [5.74, 6) is 0.255. The van der Waals surface area contributed by atoms with Gasteiger partial charge in [-0.2, -0.15) is 0 Å². The van der Waals surface area contributed by atoms with Crippen LogP contribution in [0, 0.1) is 5.92 Å². The zero-order valence-electron chi connectivity index (χ0n) is 11.8. The highest BCUT2D eigenvalue weighted by molar-refractivity contribution is 9.10. The van der Waals surface area contributed by atoms with Gasteiger partial charge in [-0.25, -0.2) is 0 Å². The Morgan fingerprint density at radius 2 is 2.15 bits per heavy atom. The molecule has 3 nitrogen and oxygen atoms in total. The molecular formula is C16H22BrNO2. The largest absolute Gasteiger partial charge is 0.396 e. The summed E-state index contributed by atoms with van der Waals surface area (Å²) in [5, 5.41) is 11.9. The van der Waals surface area contributed by atoms with E-state index in [4.69, 9.17) is 5.11 Å². The van der Waals surface area contributed by atoms with E-state index in [1.54, 1.807) is 12.2 Å². The molecule has 110 valence electrons. The first kappa shape index (κ1) is 16.9. The van der Waals surface area contributed by atoms with Gasteiger partial charge < -0.3 is 10.4 Å². The first-order valence-electron chi connectivity index (χ1n) is 6.98. The molecule has 0 aliphatic heterocycles. The van der Waals surface area contributed by atoms with E-state index in [2.05, 4.69) is 28.2 Å². The Balaban J connectivity index is 2.45. The monoisotopic (exact) mass is 339 g/mol. The molecule has 4 heteroatoms. The van der Waals surface area contributed by atoms with Gasteiger partial charge in [0.25, 0.3) is 0 Å². The van der Waals surface area contributed by atoms with Gasteiger partial charge in [0.05, 0.1) is 0 Å². The molecule has 1 aromatic carbocycles. The normalized spacial score (nSPS) is 12.6. The van der Waals surface area contributed by atoms with Crippen molar-refractivity contribution in [3.63, 3.8) is 0 Å². The smallest absolute Gasteiger partial charge is 0.244 e. The van der Waals surface area contributed by atoms with Gasteiger partial charge in [-0.3, -0.25) is 4.79 Å². The van der Waals surface area contributed by atoms with Crippen LogP contribution in [0.4, 0.5) is 0 Å². The Kier molecular flexibility index (Phi) is 8.23. The number of hydrogen-bond donors (Lipinski definition) is 2. The quantitative estimate of drug-likeness (QED) is 0.713. The molecule has 0 heterocycles. The van der Waals surface area contributed by atoms with Gasteiger partial charge >= 0.3 is 0 Å². The van der Waals surface area contributed by atoms with Crippen LogP contribution >= 0.6 is 15.9 Å². The molecular weight excluding hydrogens is 318 g/mol. The van der Waals surface area contributed by atoms with Crippen molar-refractivity contribution in [1.29, 1.82) is 0 Å². The number of halogens is 1. The lowest BCUT2D eigenvalue weighted by atomic mass is 10.0. The molecule has 0 aliphatic rings. The van der Waals surface area contributed by atoms with Crippen molar-refractivity contribution in [1.82, 2.24) is 5.32 Å². The minimum Gasteiger partial charge on any atom is -0.396 e. The molecule has 20 heavy (non-hydrogen) atoms. The van der Waals surface area contributed by atoms with Crippen molar-refractivity contribution in [2.24, 2.45) is 5.92 Å². The minimum absolute atomic E-state index is 0.0974. The maximum absolute atomic E-state index is 11.8. The van der Waals surface area contributed by atoms with E-state index in [1.165, 1.54) is 0 Å². The molecule has 0 aromatic heterocycles. The van der Waals surface area contributed by atoms with Gasteiger partial charge in [0.1, 0.15) is 0 Å². The Labute approximate surface area is 129 Å². The number of carbonyl (C=O) groups is 1. The second-order valence-corrected chi connectivity index (χ2v) is 5.62. The maximum atomic E-state index is 11.8. The number of amides is 1. The summed E-state index contributed by atoms with van der Waals surface area (Å²) < 4.78 is 0.966. The minimum atomic E-state index is -0.0974. The van der Waals surface area contributed by atoms with Crippen LogP contribution in [0.1, 0.15) is 31.7 Å². The topological polar surface area (TPSA) is 49.3 Å². The van der Waals surface area contributed by atoms with Gasteiger partial charge in [0.2, 0.25) is 5.91 Å². The van der Waals surface area contributed by atoms with Crippen LogP contribution in [-0.4, -0.2) is 24.2 Å². The predicted octanol–water partition coefficient (Wildman–Crippen LogP) is 3.38. The summed E-state index contributed by atoms with van der Waals surface area (Å²) in [6.07, 6.45) is 6.16. The highest BCUT2D eigenvalue weighted by Gasteiger charge is 2.08. The number of aliphatic hydroxyl groups excluding tert-OH is 1. The van der Waals surface area contributed by atoms with Crippen molar-refractivity contribution in [3.8, 4) is 0 Å². The maximum Gasteiger partial charge on any atom is 0.244 e. The molecule has 0 saturated carbocycles. The zero-order valence-corrected chi connectivity index (χ0v) is 13.4. The van der Waals surface area contributed by atoms with E-state index in [-0.39, 0.29) is 12.5 Å². The zero-order chi connectivity index (χ0) is 14.8. The molecule has 0 fully saturated rings. The van der Waals surface area contributed by atoms with E-state index in [1.807, 2.05) is 24.3 Å². The summed E-state index contributed by atoms with van der Waals surface area (Å²) in [4.78, 5) is 11.8. The van der Waals surface area contributed by atoms with E-state index in [0.717, 1.165) is 29.3 Å². The summed E-state index contributed by atoms with van der Waals surface area (Å²) in [5.41, 5.74) is 0.975. The Bertz CT molecular complexity index is 440. The number of rotatable bonds is 8. The van der Waals surface area contributed by atoms with E-state index < -0.39 is 0 Å². The average molecular weight is 340 g/mol. The second kappa shape index (κ2) is 9.72. The fourth-order valence-corrected chi connectivity index (χ4v) is 2.44. The van der Waals surface area contributed by atoms with Crippen LogP contribution in [0.15, 0.2) is 34.8 Å². The highest BCUT2D eigenvalue weighted by Crippen LogP contribution is 2.17. The molecule has 2 N–H and O–H groups in total. The van der Waals surface area contributed by atoms with Gasteiger partial charge in [0, 0.05) is 23.7 Å². The first-order chi connectivity index (χ1) is 9.67. The lowest BCUT2D eigenvalue weighted by Crippen LogP contribution is -2.28. The van der Waals surface area contributed by atoms with Gasteiger partial charge in [0.15, 0.2) is 0 Å². The molecule has 1 atom stereocenters. The van der Waals surface area contributed by atoms with Crippen molar-refractivity contribution in [2.45, 2.75) is 26.2 Å². The van der Waals surface area contributed by atoms with Crippen molar-refractivity contribution in [2.75, 3.05) is 13.2 Å². The Morgan fingerprint density at radius 3 is 2.80 bits per heavy atom. The fourth-order valence-electron chi connectivity index (χ4n) is 2.02. The number of carbonyl (C=O) groups excluding carboxylic acids is 1. The molecule has 1 aromatic rings. The number of benzene rings is 1. The molecule has 1 unspecified atom stereocenters. The van der Waals surface area contributed by atoms with Crippen LogP contribution in [0.25, 0.3) is 6.08 Å².